The number of thiocarbonyl (C=S) groups is 1. The Morgan fingerprint density at radius 2 is 1.68 bits per heavy atom. The number of non-ortho nitro benzene ring substituents is 1. The Bertz CT molecular complexity index is 1640. The predicted molar refractivity (Wildman–Crippen MR) is 144 cm³/mol. The number of hydrogen-bond donors (Lipinski definition) is 1. The summed E-state index contributed by atoms with van der Waals surface area (Å²) in [5, 5.41) is 14.9. The maximum atomic E-state index is 13.5. The van der Waals surface area contributed by atoms with Crippen molar-refractivity contribution >= 4 is 57.4 Å². The Kier molecular flexibility index (Phi) is 6.63. The van der Waals surface area contributed by atoms with Gasteiger partial charge in [0.2, 0.25) is 0 Å². The third-order valence-electron chi connectivity index (χ3n) is 5.95. The van der Waals surface area contributed by atoms with Gasteiger partial charge in [-0.05, 0) is 77.1 Å². The number of hydrogen-bond acceptors (Lipinski definition) is 6. The lowest BCUT2D eigenvalue weighted by Gasteiger charge is -2.29. The van der Waals surface area contributed by atoms with Crippen molar-refractivity contribution in [2.45, 2.75) is 6.61 Å². The van der Waals surface area contributed by atoms with E-state index < -0.39 is 22.6 Å². The first-order valence-corrected chi connectivity index (χ1v) is 11.8. The number of nitro groups is 1. The average Bonchev–Trinajstić information content (AvgIpc) is 2.91. The molecule has 8 nitrogen and oxygen atoms in total. The highest BCUT2D eigenvalue weighted by atomic mass is 32.1. The van der Waals surface area contributed by atoms with Gasteiger partial charge in [-0.2, -0.15) is 0 Å². The van der Waals surface area contributed by atoms with Crippen molar-refractivity contribution in [2.24, 2.45) is 0 Å². The van der Waals surface area contributed by atoms with Crippen LogP contribution in [0.4, 0.5) is 15.8 Å². The maximum absolute atomic E-state index is 13.5. The van der Waals surface area contributed by atoms with Crippen molar-refractivity contribution in [3.05, 3.63) is 118 Å². The van der Waals surface area contributed by atoms with E-state index in [1.54, 1.807) is 18.2 Å². The third kappa shape index (κ3) is 4.84. The van der Waals surface area contributed by atoms with Crippen LogP contribution >= 0.6 is 12.2 Å². The van der Waals surface area contributed by atoms with E-state index >= 15 is 0 Å². The van der Waals surface area contributed by atoms with E-state index in [1.165, 1.54) is 42.5 Å². The van der Waals surface area contributed by atoms with E-state index in [0.29, 0.717) is 22.6 Å². The highest BCUT2D eigenvalue weighted by Crippen LogP contribution is 2.32. The van der Waals surface area contributed by atoms with Crippen LogP contribution in [0, 0.1) is 15.9 Å². The van der Waals surface area contributed by atoms with E-state index in [0.717, 1.165) is 15.7 Å². The van der Waals surface area contributed by atoms with Gasteiger partial charge in [-0.25, -0.2) is 4.39 Å². The smallest absolute Gasteiger partial charge is 0.270 e. The van der Waals surface area contributed by atoms with E-state index in [2.05, 4.69) is 5.32 Å². The minimum Gasteiger partial charge on any atom is -0.488 e. The summed E-state index contributed by atoms with van der Waals surface area (Å²) >= 11 is 5.22. The second kappa shape index (κ2) is 10.2. The summed E-state index contributed by atoms with van der Waals surface area (Å²) in [7, 11) is 0. The van der Waals surface area contributed by atoms with Gasteiger partial charge in [0.25, 0.3) is 17.5 Å². The molecule has 1 fully saturated rings. The van der Waals surface area contributed by atoms with Crippen LogP contribution in [0.15, 0.2) is 90.5 Å². The van der Waals surface area contributed by atoms with E-state index in [1.807, 2.05) is 30.3 Å². The summed E-state index contributed by atoms with van der Waals surface area (Å²) < 4.78 is 19.5. The van der Waals surface area contributed by atoms with Crippen molar-refractivity contribution in [3.63, 3.8) is 0 Å². The monoisotopic (exact) mass is 527 g/mol. The van der Waals surface area contributed by atoms with Gasteiger partial charge in [-0.3, -0.25) is 29.9 Å². The highest BCUT2D eigenvalue weighted by Gasteiger charge is 2.35. The van der Waals surface area contributed by atoms with E-state index in [4.69, 9.17) is 17.0 Å². The molecule has 1 aliphatic heterocycles. The lowest BCUT2D eigenvalue weighted by atomic mass is 9.99. The Morgan fingerprint density at radius 1 is 0.974 bits per heavy atom. The van der Waals surface area contributed by atoms with Gasteiger partial charge >= 0.3 is 0 Å². The molecule has 1 saturated heterocycles. The molecule has 1 N–H and O–H groups in total. The molecule has 4 aromatic rings. The number of fused-ring (bicyclic) bond motifs is 1. The molecule has 10 heteroatoms. The molecule has 0 aromatic heterocycles. The van der Waals surface area contributed by atoms with Crippen molar-refractivity contribution in [2.75, 3.05) is 4.90 Å². The number of carbonyl (C=O) groups is 2. The van der Waals surface area contributed by atoms with Gasteiger partial charge in [0.05, 0.1) is 10.6 Å². The molecule has 0 bridgehead atoms. The minimum absolute atomic E-state index is 0.0321. The Balaban J connectivity index is 1.54. The summed E-state index contributed by atoms with van der Waals surface area (Å²) in [5.41, 5.74) is 1.28. The van der Waals surface area contributed by atoms with Crippen LogP contribution < -0.4 is 15.0 Å². The van der Waals surface area contributed by atoms with Crippen LogP contribution in [0.5, 0.6) is 5.75 Å². The molecule has 1 heterocycles. The standard InChI is InChI=1S/C28H18FN3O5S/c29-19-8-12-20(13-9-19)31-27(34)24(26(33)30-28(31)38)15-23-22-4-2-1-3-18(22)7-14-25(23)37-16-17-5-10-21(11-6-17)32(35)36/h1-15H,16H2,(H,30,33,38)/b24-15-. The Hall–Kier alpha value is -4.96. The molecular weight excluding hydrogens is 509 g/mol. The van der Waals surface area contributed by atoms with Crippen molar-refractivity contribution in [1.82, 2.24) is 5.32 Å². The van der Waals surface area contributed by atoms with Crippen LogP contribution in [0.3, 0.4) is 0 Å². The number of amides is 2. The summed E-state index contributed by atoms with van der Waals surface area (Å²) in [6, 6.07) is 22.1. The van der Waals surface area contributed by atoms with Gasteiger partial charge in [-0.15, -0.1) is 0 Å². The number of nitrogens with one attached hydrogen (secondary N) is 1. The number of nitrogens with zero attached hydrogens (tertiary/aromatic N) is 2. The van der Waals surface area contributed by atoms with Crippen molar-refractivity contribution in [3.8, 4) is 5.75 Å². The Labute approximate surface area is 221 Å². The fourth-order valence-electron chi connectivity index (χ4n) is 4.05. The molecule has 38 heavy (non-hydrogen) atoms. The molecule has 188 valence electrons. The first-order chi connectivity index (χ1) is 18.3. The molecule has 0 atom stereocenters. The first-order valence-electron chi connectivity index (χ1n) is 11.4. The largest absolute Gasteiger partial charge is 0.488 e. The first kappa shape index (κ1) is 24.7. The second-order valence-electron chi connectivity index (χ2n) is 8.35. The highest BCUT2D eigenvalue weighted by molar-refractivity contribution is 7.80. The molecule has 2 amide bonds. The SMILES string of the molecule is O=C1NC(=S)N(c2ccc(F)cc2)C(=O)/C1=C\c1c(OCc2ccc([N+](=O)[O-])cc2)ccc2ccccc12. The van der Waals surface area contributed by atoms with E-state index in [-0.39, 0.29) is 23.0 Å². The zero-order valence-corrected chi connectivity index (χ0v) is 20.4. The number of anilines is 1. The van der Waals surface area contributed by atoms with E-state index in [9.17, 15) is 24.1 Å². The van der Waals surface area contributed by atoms with Crippen LogP contribution in [0.25, 0.3) is 16.8 Å². The number of rotatable bonds is 6. The normalized spacial score (nSPS) is 14.6. The Morgan fingerprint density at radius 3 is 2.39 bits per heavy atom. The maximum Gasteiger partial charge on any atom is 0.270 e. The topological polar surface area (TPSA) is 102 Å². The minimum atomic E-state index is -0.674. The fourth-order valence-corrected chi connectivity index (χ4v) is 4.33. The molecule has 0 unspecified atom stereocenters. The zero-order valence-electron chi connectivity index (χ0n) is 19.6. The third-order valence-corrected chi connectivity index (χ3v) is 6.23. The molecule has 0 radical (unpaired) electrons. The van der Waals surface area contributed by atoms with Crippen molar-refractivity contribution < 1.29 is 23.6 Å². The number of carbonyl (C=O) groups excluding carboxylic acids is 2. The molecule has 4 aromatic carbocycles. The lowest BCUT2D eigenvalue weighted by molar-refractivity contribution is -0.384. The van der Waals surface area contributed by atoms with Crippen LogP contribution in [-0.4, -0.2) is 21.9 Å². The van der Waals surface area contributed by atoms with Crippen molar-refractivity contribution in [1.29, 1.82) is 0 Å². The summed E-state index contributed by atoms with van der Waals surface area (Å²) in [6.07, 6.45) is 1.45. The lowest BCUT2D eigenvalue weighted by Crippen LogP contribution is -2.54. The van der Waals surface area contributed by atoms with Crippen LogP contribution in [0.1, 0.15) is 11.1 Å². The van der Waals surface area contributed by atoms with Crippen LogP contribution in [0.2, 0.25) is 0 Å². The number of nitro benzene ring substituents is 1. The molecular formula is C28H18FN3O5S. The molecule has 0 spiro atoms. The van der Waals surface area contributed by atoms with Gasteiger partial charge in [-0.1, -0.05) is 30.3 Å². The predicted octanol–water partition coefficient (Wildman–Crippen LogP) is 5.30. The zero-order chi connectivity index (χ0) is 26.8. The second-order valence-corrected chi connectivity index (χ2v) is 8.73. The summed E-state index contributed by atoms with van der Waals surface area (Å²) in [4.78, 5) is 37.9. The quantitative estimate of drug-likeness (QED) is 0.120. The van der Waals surface area contributed by atoms with Gasteiger partial charge in [0.15, 0.2) is 5.11 Å². The average molecular weight is 528 g/mol. The van der Waals surface area contributed by atoms with Gasteiger partial charge < -0.3 is 4.74 Å². The van der Waals surface area contributed by atoms with Gasteiger partial charge in [0, 0.05) is 17.7 Å². The number of ether oxygens (including phenoxy) is 1. The number of benzene rings is 4. The van der Waals surface area contributed by atoms with Gasteiger partial charge in [0.1, 0.15) is 23.7 Å². The van der Waals surface area contributed by atoms with Crippen LogP contribution in [-0.2, 0) is 16.2 Å². The summed E-state index contributed by atoms with van der Waals surface area (Å²) in [6.45, 7) is 0.0957. The summed E-state index contributed by atoms with van der Waals surface area (Å²) in [5.74, 6) is -1.42. The molecule has 1 aliphatic rings. The molecule has 0 saturated carbocycles. The number of halogens is 1. The molecule has 5 rings (SSSR count). The fraction of sp³-hybridized carbons (Fsp3) is 0.0357. The molecule has 0 aliphatic carbocycles.